The Kier molecular flexibility index (Phi) is 7.45. The molecule has 0 amide bonds. The predicted octanol–water partition coefficient (Wildman–Crippen LogP) is 1.95. The number of aliphatic hydroxyl groups is 1. The molecule has 0 rings (SSSR count). The fourth-order valence-corrected chi connectivity index (χ4v) is 1.52. The summed E-state index contributed by atoms with van der Waals surface area (Å²) in [5.41, 5.74) is -0.225. The normalized spacial score (nSPS) is 15.3. The predicted molar refractivity (Wildman–Crippen MR) is 71.9 cm³/mol. The minimum atomic E-state index is -0.211. The van der Waals surface area contributed by atoms with Gasteiger partial charge in [-0.15, -0.1) is 6.42 Å². The molecule has 1 atom stereocenters. The number of rotatable bonds is 9. The molecule has 0 saturated heterocycles. The molecular weight excluding hydrogens is 214 g/mol. The van der Waals surface area contributed by atoms with Crippen LogP contribution in [-0.4, -0.2) is 36.0 Å². The maximum Gasteiger partial charge on any atom is 0.0673 e. The highest BCUT2D eigenvalue weighted by molar-refractivity contribution is 4.91. The molecule has 0 spiro atoms. The first kappa shape index (κ1) is 16.4. The molecule has 0 aromatic rings. The SMILES string of the molecule is C#CCNC(C)(C)CCOC(C)(CC)CCO. The summed E-state index contributed by atoms with van der Waals surface area (Å²) in [6, 6.07) is 0. The zero-order chi connectivity index (χ0) is 13.4. The Bertz CT molecular complexity index is 245. The van der Waals surface area contributed by atoms with Gasteiger partial charge in [-0.2, -0.15) is 0 Å². The van der Waals surface area contributed by atoms with Crippen molar-refractivity contribution in [2.75, 3.05) is 19.8 Å². The van der Waals surface area contributed by atoms with E-state index in [9.17, 15) is 0 Å². The van der Waals surface area contributed by atoms with Gasteiger partial charge in [-0.05, 0) is 40.0 Å². The zero-order valence-electron chi connectivity index (χ0n) is 11.7. The number of aliphatic hydroxyl groups excluding tert-OH is 1. The van der Waals surface area contributed by atoms with Crippen molar-refractivity contribution in [1.29, 1.82) is 0 Å². The van der Waals surface area contributed by atoms with E-state index in [1.54, 1.807) is 0 Å². The molecule has 0 aliphatic carbocycles. The molecule has 0 saturated carbocycles. The molecule has 2 N–H and O–H groups in total. The van der Waals surface area contributed by atoms with E-state index in [1.807, 2.05) is 6.92 Å². The van der Waals surface area contributed by atoms with Crippen molar-refractivity contribution in [3.63, 3.8) is 0 Å². The van der Waals surface area contributed by atoms with Gasteiger partial charge >= 0.3 is 0 Å². The third kappa shape index (κ3) is 7.38. The number of nitrogens with one attached hydrogen (secondary N) is 1. The van der Waals surface area contributed by atoms with Crippen LogP contribution in [0.25, 0.3) is 0 Å². The van der Waals surface area contributed by atoms with E-state index in [0.717, 1.165) is 12.8 Å². The summed E-state index contributed by atoms with van der Waals surface area (Å²) >= 11 is 0. The Morgan fingerprint density at radius 1 is 1.29 bits per heavy atom. The Balaban J connectivity index is 3.99. The van der Waals surface area contributed by atoms with E-state index in [1.165, 1.54) is 0 Å². The lowest BCUT2D eigenvalue weighted by Crippen LogP contribution is -2.41. The monoisotopic (exact) mass is 241 g/mol. The third-order valence-corrected chi connectivity index (χ3v) is 3.24. The standard InChI is InChI=1S/C14H27NO2/c1-6-10-15-13(3,4)9-12-17-14(5,7-2)8-11-16/h1,15-16H,7-12H2,2-5H3. The molecule has 0 aromatic carbocycles. The highest BCUT2D eigenvalue weighted by Crippen LogP contribution is 2.21. The molecule has 0 bridgehead atoms. The van der Waals surface area contributed by atoms with Crippen LogP contribution in [0.15, 0.2) is 0 Å². The Morgan fingerprint density at radius 3 is 2.41 bits per heavy atom. The Morgan fingerprint density at radius 2 is 1.94 bits per heavy atom. The molecule has 0 aliphatic heterocycles. The number of hydrogen-bond donors (Lipinski definition) is 2. The van der Waals surface area contributed by atoms with Crippen molar-refractivity contribution in [2.45, 2.75) is 58.1 Å². The van der Waals surface area contributed by atoms with Gasteiger partial charge in [0, 0.05) is 18.8 Å². The van der Waals surface area contributed by atoms with Gasteiger partial charge in [0.1, 0.15) is 0 Å². The van der Waals surface area contributed by atoms with Gasteiger partial charge in [0.15, 0.2) is 0 Å². The quantitative estimate of drug-likeness (QED) is 0.606. The fraction of sp³-hybridized carbons (Fsp3) is 0.857. The average Bonchev–Trinajstić information content (AvgIpc) is 2.26. The van der Waals surface area contributed by atoms with E-state index in [4.69, 9.17) is 16.3 Å². The first-order valence-corrected chi connectivity index (χ1v) is 6.32. The summed E-state index contributed by atoms with van der Waals surface area (Å²) in [4.78, 5) is 0. The molecule has 1 unspecified atom stereocenters. The molecule has 0 aliphatic rings. The van der Waals surface area contributed by atoms with Crippen LogP contribution in [0.2, 0.25) is 0 Å². The maximum absolute atomic E-state index is 8.99. The molecule has 0 fully saturated rings. The summed E-state index contributed by atoms with van der Waals surface area (Å²) < 4.78 is 5.88. The van der Waals surface area contributed by atoms with Gasteiger partial charge in [-0.25, -0.2) is 0 Å². The van der Waals surface area contributed by atoms with Crippen LogP contribution < -0.4 is 5.32 Å². The summed E-state index contributed by atoms with van der Waals surface area (Å²) in [5, 5.41) is 12.3. The van der Waals surface area contributed by atoms with Crippen molar-refractivity contribution in [3.05, 3.63) is 0 Å². The zero-order valence-corrected chi connectivity index (χ0v) is 11.7. The van der Waals surface area contributed by atoms with E-state index in [2.05, 4.69) is 32.0 Å². The van der Waals surface area contributed by atoms with Crippen LogP contribution >= 0.6 is 0 Å². The molecule has 3 nitrogen and oxygen atoms in total. The summed E-state index contributed by atoms with van der Waals surface area (Å²) in [5.74, 6) is 2.58. The Labute approximate surface area is 106 Å². The number of hydrogen-bond acceptors (Lipinski definition) is 3. The first-order valence-electron chi connectivity index (χ1n) is 6.32. The Hall–Kier alpha value is -0.560. The lowest BCUT2D eigenvalue weighted by Gasteiger charge is -2.31. The van der Waals surface area contributed by atoms with Crippen LogP contribution in [0, 0.1) is 12.3 Å². The second kappa shape index (κ2) is 7.71. The van der Waals surface area contributed by atoms with Gasteiger partial charge in [0.2, 0.25) is 0 Å². The van der Waals surface area contributed by atoms with Crippen LogP contribution in [0.5, 0.6) is 0 Å². The van der Waals surface area contributed by atoms with Gasteiger partial charge in [-0.1, -0.05) is 12.8 Å². The van der Waals surface area contributed by atoms with Crippen LogP contribution in [0.4, 0.5) is 0 Å². The number of terminal acetylenes is 1. The molecule has 0 aromatic heterocycles. The van der Waals surface area contributed by atoms with Crippen molar-refractivity contribution in [1.82, 2.24) is 5.32 Å². The molecular formula is C14H27NO2. The van der Waals surface area contributed by atoms with Gasteiger partial charge < -0.3 is 15.2 Å². The summed E-state index contributed by atoms with van der Waals surface area (Å²) in [7, 11) is 0. The topological polar surface area (TPSA) is 41.5 Å². The molecule has 0 radical (unpaired) electrons. The maximum atomic E-state index is 8.99. The first-order chi connectivity index (χ1) is 7.89. The van der Waals surface area contributed by atoms with Crippen LogP contribution in [0.1, 0.15) is 47.0 Å². The minimum absolute atomic E-state index is 0.0137. The summed E-state index contributed by atoms with van der Waals surface area (Å²) in [6.45, 7) is 9.78. The smallest absolute Gasteiger partial charge is 0.0673 e. The minimum Gasteiger partial charge on any atom is -0.396 e. The number of ether oxygens (including phenoxy) is 1. The van der Waals surface area contributed by atoms with Gasteiger partial charge in [0.05, 0.1) is 12.1 Å². The van der Waals surface area contributed by atoms with Crippen LogP contribution in [-0.2, 0) is 4.74 Å². The molecule has 100 valence electrons. The van der Waals surface area contributed by atoms with E-state index in [-0.39, 0.29) is 17.7 Å². The lowest BCUT2D eigenvalue weighted by molar-refractivity contribution is -0.0547. The third-order valence-electron chi connectivity index (χ3n) is 3.24. The van der Waals surface area contributed by atoms with Gasteiger partial charge in [0.25, 0.3) is 0 Å². The largest absolute Gasteiger partial charge is 0.396 e. The average molecular weight is 241 g/mol. The second-order valence-electron chi connectivity index (χ2n) is 5.32. The highest BCUT2D eigenvalue weighted by atomic mass is 16.5. The second-order valence-corrected chi connectivity index (χ2v) is 5.32. The van der Waals surface area contributed by atoms with Gasteiger partial charge in [-0.3, -0.25) is 0 Å². The molecule has 0 heterocycles. The van der Waals surface area contributed by atoms with Crippen molar-refractivity contribution >= 4 is 0 Å². The summed E-state index contributed by atoms with van der Waals surface area (Å²) in [6.07, 6.45) is 7.71. The highest BCUT2D eigenvalue weighted by Gasteiger charge is 2.24. The molecule has 3 heteroatoms. The van der Waals surface area contributed by atoms with E-state index in [0.29, 0.717) is 19.6 Å². The fourth-order valence-electron chi connectivity index (χ4n) is 1.52. The molecule has 17 heavy (non-hydrogen) atoms. The van der Waals surface area contributed by atoms with Crippen molar-refractivity contribution in [3.8, 4) is 12.3 Å². The van der Waals surface area contributed by atoms with Crippen molar-refractivity contribution in [2.24, 2.45) is 0 Å². The van der Waals surface area contributed by atoms with E-state index >= 15 is 0 Å². The van der Waals surface area contributed by atoms with Crippen molar-refractivity contribution < 1.29 is 9.84 Å². The van der Waals surface area contributed by atoms with E-state index < -0.39 is 0 Å². The lowest BCUT2D eigenvalue weighted by atomic mass is 9.98. The van der Waals surface area contributed by atoms with Crippen LogP contribution in [0.3, 0.4) is 0 Å².